The van der Waals surface area contributed by atoms with Crippen molar-refractivity contribution in [2.24, 2.45) is 0 Å². The van der Waals surface area contributed by atoms with Crippen molar-refractivity contribution in [1.29, 1.82) is 0 Å². The highest BCUT2D eigenvalue weighted by molar-refractivity contribution is 6.60. The van der Waals surface area contributed by atoms with E-state index in [-0.39, 0.29) is 0 Å². The van der Waals surface area contributed by atoms with Gasteiger partial charge >= 0.3 is 8.80 Å². The molecule has 0 aromatic carbocycles. The van der Waals surface area contributed by atoms with Crippen molar-refractivity contribution in [3.05, 3.63) is 30.1 Å². The van der Waals surface area contributed by atoms with Gasteiger partial charge < -0.3 is 13.3 Å². The van der Waals surface area contributed by atoms with Crippen LogP contribution in [0.4, 0.5) is 0 Å². The Bertz CT molecular complexity index is 361. The molecule has 0 aliphatic carbocycles. The molecule has 1 rings (SSSR count). The molecule has 0 saturated heterocycles. The van der Waals surface area contributed by atoms with E-state index < -0.39 is 8.80 Å². The monoisotopic (exact) mass is 284 g/mol. The molecule has 0 spiro atoms. The third kappa shape index (κ3) is 5.02. The third-order valence-corrected chi connectivity index (χ3v) is 6.12. The first-order valence-electron chi connectivity index (χ1n) is 6.83. The van der Waals surface area contributed by atoms with Crippen molar-refractivity contribution in [1.82, 2.24) is 0 Å². The van der Waals surface area contributed by atoms with E-state index in [9.17, 15) is 0 Å². The Labute approximate surface area is 117 Å². The van der Waals surface area contributed by atoms with Gasteiger partial charge in [0.2, 0.25) is 0 Å². The number of aryl methyl sites for hydroxylation is 2. The Kier molecular flexibility index (Phi) is 7.23. The molecule has 0 fully saturated rings. The average molecular weight is 284 g/mol. The Balaban J connectivity index is 2.50. The van der Waals surface area contributed by atoms with E-state index in [2.05, 4.69) is 36.0 Å². The first-order valence-corrected chi connectivity index (χ1v) is 8.76. The van der Waals surface area contributed by atoms with Crippen molar-refractivity contribution in [3.63, 3.8) is 0 Å². The van der Waals surface area contributed by atoms with Gasteiger partial charge in [-0.05, 0) is 12.5 Å². The fourth-order valence-corrected chi connectivity index (χ4v) is 3.89. The van der Waals surface area contributed by atoms with E-state index >= 15 is 0 Å². The van der Waals surface area contributed by atoms with E-state index in [1.807, 2.05) is 0 Å². The summed E-state index contributed by atoms with van der Waals surface area (Å²) in [7, 11) is 2.57. The fourth-order valence-electron chi connectivity index (χ4n) is 2.19. The third-order valence-electron chi connectivity index (χ3n) is 3.29. The van der Waals surface area contributed by atoms with Crippen LogP contribution in [0.3, 0.4) is 0 Å². The van der Waals surface area contributed by atoms with E-state index in [0.717, 1.165) is 25.4 Å². The van der Waals surface area contributed by atoms with Gasteiger partial charge in [-0.1, -0.05) is 13.3 Å². The molecule has 0 N–H and O–H groups in total. The van der Waals surface area contributed by atoms with Gasteiger partial charge in [0, 0.05) is 45.4 Å². The minimum absolute atomic E-state index is 0.835. The van der Waals surface area contributed by atoms with E-state index in [4.69, 9.17) is 13.3 Å². The molecular formula is C14H26NO3Si+. The second-order valence-corrected chi connectivity index (χ2v) is 7.69. The number of hydrogen-bond donors (Lipinski definition) is 0. The zero-order valence-corrected chi connectivity index (χ0v) is 13.5. The number of rotatable bonds is 9. The maximum Gasteiger partial charge on any atom is 0.500 e. The Morgan fingerprint density at radius 3 is 2.42 bits per heavy atom. The minimum Gasteiger partial charge on any atom is -0.377 e. The number of hydrogen-bond acceptors (Lipinski definition) is 3. The predicted octanol–water partition coefficient (Wildman–Crippen LogP) is 2.19. The molecule has 1 aromatic rings. The lowest BCUT2D eigenvalue weighted by atomic mass is 10.2. The number of pyridine rings is 1. The van der Waals surface area contributed by atoms with Crippen molar-refractivity contribution in [2.75, 3.05) is 21.3 Å². The van der Waals surface area contributed by atoms with Crippen molar-refractivity contribution in [3.8, 4) is 0 Å². The summed E-state index contributed by atoms with van der Waals surface area (Å²) in [4.78, 5) is 0. The molecule has 1 aromatic heterocycles. The summed E-state index contributed by atoms with van der Waals surface area (Å²) in [5.74, 6) is 0. The zero-order valence-electron chi connectivity index (χ0n) is 12.5. The molecule has 0 amide bonds. The Hall–Kier alpha value is -0.753. The molecule has 5 heteroatoms. The Morgan fingerprint density at radius 2 is 1.84 bits per heavy atom. The summed E-state index contributed by atoms with van der Waals surface area (Å²) in [5, 5.41) is 0. The molecule has 0 aliphatic heterocycles. The molecule has 4 nitrogen and oxygen atoms in total. The van der Waals surface area contributed by atoms with Gasteiger partial charge in [-0.25, -0.2) is 4.57 Å². The van der Waals surface area contributed by atoms with Crippen LogP contribution in [0.1, 0.15) is 25.3 Å². The standard InChI is InChI=1S/C14H26NO3Si/c1-5-8-14-9-6-10-15(13-14)11-7-12-19(16-2,17-3)18-4/h6,9-10,13H,5,7-8,11-12H2,1-4H3/q+1. The first kappa shape index (κ1) is 16.3. The quantitative estimate of drug-likeness (QED) is 0.514. The highest BCUT2D eigenvalue weighted by atomic mass is 28.4. The van der Waals surface area contributed by atoms with Gasteiger partial charge in [0.15, 0.2) is 12.4 Å². The van der Waals surface area contributed by atoms with E-state index in [1.165, 1.54) is 12.0 Å². The molecule has 0 atom stereocenters. The zero-order chi connectivity index (χ0) is 14.1. The van der Waals surface area contributed by atoms with Gasteiger partial charge in [0.1, 0.15) is 6.54 Å². The summed E-state index contributed by atoms with van der Waals surface area (Å²) in [6.45, 7) is 3.16. The molecule has 0 bridgehead atoms. The number of aromatic nitrogens is 1. The maximum absolute atomic E-state index is 5.42. The van der Waals surface area contributed by atoms with Crippen LogP contribution in [-0.2, 0) is 26.2 Å². The molecule has 0 radical (unpaired) electrons. The molecular weight excluding hydrogens is 258 g/mol. The molecule has 1 heterocycles. The maximum atomic E-state index is 5.42. The molecule has 0 aliphatic rings. The highest BCUT2D eigenvalue weighted by Gasteiger charge is 2.37. The van der Waals surface area contributed by atoms with E-state index in [0.29, 0.717) is 0 Å². The summed E-state index contributed by atoms with van der Waals surface area (Å²) < 4.78 is 18.5. The fraction of sp³-hybridized carbons (Fsp3) is 0.643. The minimum atomic E-state index is -2.41. The summed E-state index contributed by atoms with van der Waals surface area (Å²) in [5.41, 5.74) is 1.39. The molecule has 0 saturated carbocycles. The summed E-state index contributed by atoms with van der Waals surface area (Å²) in [6.07, 6.45) is 7.63. The lowest BCUT2D eigenvalue weighted by molar-refractivity contribution is -0.697. The second kappa shape index (κ2) is 8.42. The smallest absolute Gasteiger partial charge is 0.377 e. The first-order chi connectivity index (χ1) is 9.19. The van der Waals surface area contributed by atoms with Crippen LogP contribution in [0.2, 0.25) is 6.04 Å². The molecule has 108 valence electrons. The lowest BCUT2D eigenvalue weighted by Gasteiger charge is -2.23. The van der Waals surface area contributed by atoms with Crippen LogP contribution in [0.25, 0.3) is 0 Å². The second-order valence-electron chi connectivity index (χ2n) is 4.60. The topological polar surface area (TPSA) is 31.6 Å². The number of nitrogens with zero attached hydrogens (tertiary/aromatic N) is 1. The van der Waals surface area contributed by atoms with E-state index in [1.54, 1.807) is 21.3 Å². The summed E-state index contributed by atoms with van der Waals surface area (Å²) >= 11 is 0. The average Bonchev–Trinajstić information content (AvgIpc) is 2.45. The van der Waals surface area contributed by atoms with Crippen LogP contribution in [-0.4, -0.2) is 30.1 Å². The van der Waals surface area contributed by atoms with Crippen LogP contribution in [0.15, 0.2) is 24.5 Å². The lowest BCUT2D eigenvalue weighted by Crippen LogP contribution is -2.44. The van der Waals surface area contributed by atoms with Crippen LogP contribution in [0, 0.1) is 0 Å². The van der Waals surface area contributed by atoms with Gasteiger partial charge in [-0.15, -0.1) is 0 Å². The Morgan fingerprint density at radius 1 is 1.16 bits per heavy atom. The van der Waals surface area contributed by atoms with Gasteiger partial charge in [0.05, 0.1) is 0 Å². The van der Waals surface area contributed by atoms with Crippen LogP contribution in [0.5, 0.6) is 0 Å². The normalized spacial score (nSPS) is 11.8. The summed E-state index contributed by atoms with van der Waals surface area (Å²) in [6, 6.07) is 5.12. The van der Waals surface area contributed by atoms with Gasteiger partial charge in [-0.3, -0.25) is 0 Å². The molecule has 19 heavy (non-hydrogen) atoms. The van der Waals surface area contributed by atoms with Crippen molar-refractivity contribution < 1.29 is 17.8 Å². The van der Waals surface area contributed by atoms with Gasteiger partial charge in [-0.2, -0.15) is 0 Å². The highest BCUT2D eigenvalue weighted by Crippen LogP contribution is 2.14. The molecule has 0 unspecified atom stereocenters. The predicted molar refractivity (Wildman–Crippen MR) is 76.8 cm³/mol. The van der Waals surface area contributed by atoms with Crippen molar-refractivity contribution in [2.45, 2.75) is 38.8 Å². The van der Waals surface area contributed by atoms with Gasteiger partial charge in [0.25, 0.3) is 0 Å². The van der Waals surface area contributed by atoms with Crippen LogP contribution >= 0.6 is 0 Å². The van der Waals surface area contributed by atoms with Crippen LogP contribution < -0.4 is 4.57 Å². The largest absolute Gasteiger partial charge is 0.500 e. The SMILES string of the molecule is CCCc1ccc[n+](CCC[Si](OC)(OC)OC)c1. The van der Waals surface area contributed by atoms with Crippen molar-refractivity contribution >= 4 is 8.80 Å².